The van der Waals surface area contributed by atoms with Gasteiger partial charge in [0.1, 0.15) is 0 Å². The molecule has 0 aliphatic carbocycles. The Morgan fingerprint density at radius 1 is 0.773 bits per heavy atom. The third-order valence-electron chi connectivity index (χ3n) is 3.89. The van der Waals surface area contributed by atoms with Gasteiger partial charge in [0, 0.05) is 5.56 Å². The highest BCUT2D eigenvalue weighted by Gasteiger charge is 2.04. The summed E-state index contributed by atoms with van der Waals surface area (Å²) < 4.78 is 0. The van der Waals surface area contributed by atoms with Crippen molar-refractivity contribution in [2.24, 2.45) is 0 Å². The van der Waals surface area contributed by atoms with Crippen molar-refractivity contribution in [1.29, 1.82) is 0 Å². The average Bonchev–Trinajstić information content (AvgIpc) is 2.53. The second-order valence-electron chi connectivity index (χ2n) is 6.30. The van der Waals surface area contributed by atoms with Crippen molar-refractivity contribution in [1.82, 2.24) is 0 Å². The topological polar surface area (TPSA) is 17.1 Å². The molecule has 1 nitrogen and oxygen atoms in total. The molecule has 0 heterocycles. The van der Waals surface area contributed by atoms with Crippen LogP contribution in [0.15, 0.2) is 54.6 Å². The Morgan fingerprint density at radius 2 is 1.23 bits per heavy atom. The molecule has 0 fully saturated rings. The molecule has 0 saturated carbocycles. The highest BCUT2D eigenvalue weighted by atomic mass is 16.1. The van der Waals surface area contributed by atoms with E-state index in [4.69, 9.17) is 0 Å². The standard InChI is InChI=1S/C21H24O/c1-15(2)18-8-5-17(6-9-18)7-14-21(22)20-12-10-19(11-13-20)16(3)4/h5-16H,1-4H3/b14-7+. The fourth-order valence-corrected chi connectivity index (χ4v) is 2.29. The first-order valence-corrected chi connectivity index (χ1v) is 7.89. The molecule has 0 bridgehead atoms. The molecule has 0 aliphatic heterocycles. The van der Waals surface area contributed by atoms with Crippen molar-refractivity contribution in [3.8, 4) is 0 Å². The molecule has 0 saturated heterocycles. The number of hydrogen-bond acceptors (Lipinski definition) is 1. The zero-order valence-electron chi connectivity index (χ0n) is 13.8. The lowest BCUT2D eigenvalue weighted by atomic mass is 9.99. The molecule has 0 unspecified atom stereocenters. The van der Waals surface area contributed by atoms with Crippen molar-refractivity contribution in [2.75, 3.05) is 0 Å². The molecule has 2 rings (SSSR count). The van der Waals surface area contributed by atoms with Crippen LogP contribution in [0.1, 0.15) is 66.6 Å². The van der Waals surface area contributed by atoms with E-state index in [0.717, 1.165) is 11.1 Å². The Morgan fingerprint density at radius 3 is 1.68 bits per heavy atom. The monoisotopic (exact) mass is 292 g/mol. The Labute approximate surface area is 133 Å². The zero-order valence-corrected chi connectivity index (χ0v) is 13.8. The van der Waals surface area contributed by atoms with Crippen molar-refractivity contribution in [3.05, 3.63) is 76.9 Å². The van der Waals surface area contributed by atoms with Gasteiger partial charge in [-0.05, 0) is 34.6 Å². The van der Waals surface area contributed by atoms with Crippen LogP contribution in [0.2, 0.25) is 0 Å². The van der Waals surface area contributed by atoms with Crippen LogP contribution in [0.4, 0.5) is 0 Å². The van der Waals surface area contributed by atoms with Gasteiger partial charge in [-0.15, -0.1) is 0 Å². The quantitative estimate of drug-likeness (QED) is 0.500. The van der Waals surface area contributed by atoms with E-state index < -0.39 is 0 Å². The van der Waals surface area contributed by atoms with Crippen LogP contribution in [0.3, 0.4) is 0 Å². The molecule has 2 aromatic carbocycles. The summed E-state index contributed by atoms with van der Waals surface area (Å²) in [5.74, 6) is 1.06. The summed E-state index contributed by atoms with van der Waals surface area (Å²) in [4.78, 5) is 12.2. The van der Waals surface area contributed by atoms with Gasteiger partial charge in [-0.25, -0.2) is 0 Å². The maximum Gasteiger partial charge on any atom is 0.185 e. The van der Waals surface area contributed by atoms with Gasteiger partial charge in [0.05, 0.1) is 0 Å². The van der Waals surface area contributed by atoms with E-state index in [1.807, 2.05) is 30.3 Å². The Hall–Kier alpha value is -2.15. The predicted molar refractivity (Wildman–Crippen MR) is 94.4 cm³/mol. The fourth-order valence-electron chi connectivity index (χ4n) is 2.29. The van der Waals surface area contributed by atoms with E-state index in [9.17, 15) is 4.79 Å². The first-order valence-electron chi connectivity index (χ1n) is 7.89. The first-order chi connectivity index (χ1) is 10.5. The summed E-state index contributed by atoms with van der Waals surface area (Å²) >= 11 is 0. The summed E-state index contributed by atoms with van der Waals surface area (Å²) in [6, 6.07) is 16.2. The molecule has 0 aliphatic rings. The van der Waals surface area contributed by atoms with Crippen LogP contribution in [0.5, 0.6) is 0 Å². The van der Waals surface area contributed by atoms with Gasteiger partial charge in [0.2, 0.25) is 0 Å². The molecule has 2 aromatic rings. The molecular weight excluding hydrogens is 268 g/mol. The van der Waals surface area contributed by atoms with Gasteiger partial charge < -0.3 is 0 Å². The van der Waals surface area contributed by atoms with E-state index in [1.54, 1.807) is 6.08 Å². The molecule has 0 spiro atoms. The average molecular weight is 292 g/mol. The highest BCUT2D eigenvalue weighted by molar-refractivity contribution is 6.06. The van der Waals surface area contributed by atoms with E-state index in [1.165, 1.54) is 11.1 Å². The lowest BCUT2D eigenvalue weighted by molar-refractivity contribution is 0.104. The molecule has 0 amide bonds. The summed E-state index contributed by atoms with van der Waals surface area (Å²) in [6.45, 7) is 8.65. The lowest BCUT2D eigenvalue weighted by Crippen LogP contribution is -1.95. The fraction of sp³-hybridized carbons (Fsp3) is 0.286. The van der Waals surface area contributed by atoms with Crippen LogP contribution >= 0.6 is 0 Å². The number of benzene rings is 2. The highest BCUT2D eigenvalue weighted by Crippen LogP contribution is 2.17. The third-order valence-corrected chi connectivity index (χ3v) is 3.89. The first kappa shape index (κ1) is 16.2. The van der Waals surface area contributed by atoms with Crippen molar-refractivity contribution in [3.63, 3.8) is 0 Å². The smallest absolute Gasteiger partial charge is 0.185 e. The van der Waals surface area contributed by atoms with Gasteiger partial charge in [-0.1, -0.05) is 82.3 Å². The minimum atomic E-state index is 0.0447. The largest absolute Gasteiger partial charge is 0.289 e. The summed E-state index contributed by atoms with van der Waals surface area (Å²) in [7, 11) is 0. The molecular formula is C21H24O. The third kappa shape index (κ3) is 4.17. The van der Waals surface area contributed by atoms with Gasteiger partial charge >= 0.3 is 0 Å². The Bertz CT molecular complexity index is 643. The second-order valence-corrected chi connectivity index (χ2v) is 6.30. The molecule has 22 heavy (non-hydrogen) atoms. The van der Waals surface area contributed by atoms with Gasteiger partial charge in [0.15, 0.2) is 5.78 Å². The Kier molecular flexibility index (Phi) is 5.32. The maximum absolute atomic E-state index is 12.2. The van der Waals surface area contributed by atoms with Gasteiger partial charge in [0.25, 0.3) is 0 Å². The molecule has 0 atom stereocenters. The van der Waals surface area contributed by atoms with E-state index >= 15 is 0 Å². The Balaban J connectivity index is 2.07. The van der Waals surface area contributed by atoms with E-state index in [2.05, 4.69) is 52.0 Å². The number of ketones is 1. The maximum atomic E-state index is 12.2. The predicted octanol–water partition coefficient (Wildman–Crippen LogP) is 5.83. The molecule has 1 heteroatoms. The SMILES string of the molecule is CC(C)c1ccc(/C=C/C(=O)c2ccc(C(C)C)cc2)cc1. The van der Waals surface area contributed by atoms with E-state index in [0.29, 0.717) is 11.8 Å². The lowest BCUT2D eigenvalue weighted by Gasteiger charge is -2.05. The number of carbonyl (C=O) groups is 1. The zero-order chi connectivity index (χ0) is 16.1. The summed E-state index contributed by atoms with van der Waals surface area (Å²) in [5, 5.41) is 0. The number of carbonyl (C=O) groups excluding carboxylic acids is 1. The van der Waals surface area contributed by atoms with Crippen molar-refractivity contribution >= 4 is 11.9 Å². The summed E-state index contributed by atoms with van der Waals surface area (Å²) in [6.07, 6.45) is 3.53. The number of allylic oxidation sites excluding steroid dienone is 1. The molecule has 0 radical (unpaired) electrons. The van der Waals surface area contributed by atoms with Crippen LogP contribution in [0.25, 0.3) is 6.08 Å². The van der Waals surface area contributed by atoms with Crippen molar-refractivity contribution < 1.29 is 4.79 Å². The number of hydrogen-bond donors (Lipinski definition) is 0. The van der Waals surface area contributed by atoms with Crippen LogP contribution in [-0.4, -0.2) is 5.78 Å². The minimum Gasteiger partial charge on any atom is -0.289 e. The van der Waals surface area contributed by atoms with Gasteiger partial charge in [-0.2, -0.15) is 0 Å². The molecule has 0 aromatic heterocycles. The van der Waals surface area contributed by atoms with Gasteiger partial charge in [-0.3, -0.25) is 4.79 Å². The number of rotatable bonds is 5. The second kappa shape index (κ2) is 7.22. The van der Waals surface area contributed by atoms with Crippen LogP contribution in [-0.2, 0) is 0 Å². The van der Waals surface area contributed by atoms with Crippen LogP contribution < -0.4 is 0 Å². The summed E-state index contributed by atoms with van der Waals surface area (Å²) in [5.41, 5.74) is 4.36. The van der Waals surface area contributed by atoms with Crippen LogP contribution in [0, 0.1) is 0 Å². The molecule has 114 valence electrons. The molecule has 0 N–H and O–H groups in total. The van der Waals surface area contributed by atoms with E-state index in [-0.39, 0.29) is 5.78 Å². The minimum absolute atomic E-state index is 0.0447. The van der Waals surface area contributed by atoms with Crippen molar-refractivity contribution in [2.45, 2.75) is 39.5 Å². The normalized spacial score (nSPS) is 11.5.